The van der Waals surface area contributed by atoms with Gasteiger partial charge in [-0.1, -0.05) is 30.3 Å². The summed E-state index contributed by atoms with van der Waals surface area (Å²) in [5.74, 6) is -0.142. The van der Waals surface area contributed by atoms with Crippen molar-refractivity contribution in [1.29, 1.82) is 0 Å². The van der Waals surface area contributed by atoms with Gasteiger partial charge in [-0.25, -0.2) is 9.48 Å². The summed E-state index contributed by atoms with van der Waals surface area (Å²) >= 11 is 0. The minimum atomic E-state index is -0.386. The second kappa shape index (κ2) is 7.29. The molecule has 2 aromatic carbocycles. The minimum Gasteiger partial charge on any atom is -0.447 e. The fourth-order valence-electron chi connectivity index (χ4n) is 2.87. The summed E-state index contributed by atoms with van der Waals surface area (Å²) in [6.45, 7) is 0.854. The summed E-state index contributed by atoms with van der Waals surface area (Å²) in [5.41, 5.74) is 2.95. The molecule has 6 nitrogen and oxygen atoms in total. The van der Waals surface area contributed by atoms with Gasteiger partial charge in [0.05, 0.1) is 18.4 Å². The van der Waals surface area contributed by atoms with Crippen molar-refractivity contribution in [3.63, 3.8) is 0 Å². The Morgan fingerprint density at radius 1 is 1.07 bits per heavy atom. The lowest BCUT2D eigenvalue weighted by Crippen LogP contribution is -2.23. The standard InChI is InChI=1S/C21H17N3O3/c25-20(17-5-4-8-19(13-17)23-11-12-27-21(23)26)10-9-16-14-22-24(15-16)18-6-2-1-3-7-18/h1-10,13-15H,11-12H2/b10-9+. The van der Waals surface area contributed by atoms with E-state index in [9.17, 15) is 9.59 Å². The second-order valence-corrected chi connectivity index (χ2v) is 6.07. The lowest BCUT2D eigenvalue weighted by molar-refractivity contribution is 0.104. The number of cyclic esters (lactones) is 1. The van der Waals surface area contributed by atoms with Gasteiger partial charge in [0, 0.05) is 23.0 Å². The fourth-order valence-corrected chi connectivity index (χ4v) is 2.87. The molecule has 1 saturated heterocycles. The summed E-state index contributed by atoms with van der Waals surface area (Å²) in [6.07, 6.45) is 6.41. The first-order valence-electron chi connectivity index (χ1n) is 8.57. The average molecular weight is 359 g/mol. The van der Waals surface area contributed by atoms with Crippen LogP contribution in [0, 0.1) is 0 Å². The molecule has 0 N–H and O–H groups in total. The van der Waals surface area contributed by atoms with Crippen molar-refractivity contribution in [2.45, 2.75) is 0 Å². The highest BCUT2D eigenvalue weighted by Crippen LogP contribution is 2.20. The molecule has 27 heavy (non-hydrogen) atoms. The third-order valence-electron chi connectivity index (χ3n) is 4.25. The van der Waals surface area contributed by atoms with Crippen LogP contribution in [0.25, 0.3) is 11.8 Å². The van der Waals surface area contributed by atoms with Gasteiger partial charge >= 0.3 is 6.09 Å². The quantitative estimate of drug-likeness (QED) is 0.514. The normalized spacial score (nSPS) is 13.9. The molecule has 1 aromatic heterocycles. The topological polar surface area (TPSA) is 64.4 Å². The van der Waals surface area contributed by atoms with E-state index in [1.165, 1.54) is 11.0 Å². The monoisotopic (exact) mass is 359 g/mol. The number of amides is 1. The Bertz CT molecular complexity index is 1010. The van der Waals surface area contributed by atoms with E-state index in [0.717, 1.165) is 11.3 Å². The highest BCUT2D eigenvalue weighted by Gasteiger charge is 2.23. The van der Waals surface area contributed by atoms with Gasteiger partial charge in [0.1, 0.15) is 6.61 Å². The van der Waals surface area contributed by atoms with Crippen LogP contribution in [0.5, 0.6) is 0 Å². The molecular formula is C21H17N3O3. The Balaban J connectivity index is 1.49. The Labute approximate surface area is 156 Å². The number of anilines is 1. The first-order valence-corrected chi connectivity index (χ1v) is 8.57. The van der Waals surface area contributed by atoms with Gasteiger partial charge in [0.15, 0.2) is 5.78 Å². The van der Waals surface area contributed by atoms with Crippen LogP contribution in [0.1, 0.15) is 15.9 Å². The van der Waals surface area contributed by atoms with E-state index in [4.69, 9.17) is 4.74 Å². The molecular weight excluding hydrogens is 342 g/mol. The van der Waals surface area contributed by atoms with Gasteiger partial charge in [-0.05, 0) is 36.4 Å². The van der Waals surface area contributed by atoms with E-state index in [2.05, 4.69) is 5.10 Å². The van der Waals surface area contributed by atoms with Crippen LogP contribution in [-0.4, -0.2) is 34.8 Å². The van der Waals surface area contributed by atoms with Crippen LogP contribution in [0.2, 0.25) is 0 Å². The Hall–Kier alpha value is -3.67. The van der Waals surface area contributed by atoms with Crippen LogP contribution in [0.4, 0.5) is 10.5 Å². The van der Waals surface area contributed by atoms with Gasteiger partial charge in [-0.15, -0.1) is 0 Å². The van der Waals surface area contributed by atoms with Crippen molar-refractivity contribution < 1.29 is 14.3 Å². The predicted molar refractivity (Wildman–Crippen MR) is 102 cm³/mol. The highest BCUT2D eigenvalue weighted by molar-refractivity contribution is 6.07. The number of carbonyl (C=O) groups is 2. The third kappa shape index (κ3) is 3.64. The number of hydrogen-bond donors (Lipinski definition) is 0. The van der Waals surface area contributed by atoms with Crippen molar-refractivity contribution in [3.8, 4) is 5.69 Å². The molecule has 0 spiro atoms. The van der Waals surface area contributed by atoms with Crippen LogP contribution in [-0.2, 0) is 4.74 Å². The van der Waals surface area contributed by atoms with E-state index in [-0.39, 0.29) is 11.9 Å². The zero-order valence-corrected chi connectivity index (χ0v) is 14.5. The number of carbonyl (C=O) groups excluding carboxylic acids is 2. The molecule has 1 aliphatic rings. The predicted octanol–water partition coefficient (Wildman–Crippen LogP) is 3.73. The SMILES string of the molecule is O=C(/C=C/c1cnn(-c2ccccc2)c1)c1cccc(N2CCOC2=O)c1. The zero-order chi connectivity index (χ0) is 18.6. The van der Waals surface area contributed by atoms with Crippen molar-refractivity contribution >= 4 is 23.6 Å². The number of allylic oxidation sites excluding steroid dienone is 1. The van der Waals surface area contributed by atoms with Gasteiger partial charge in [-0.3, -0.25) is 9.69 Å². The maximum absolute atomic E-state index is 12.5. The molecule has 0 bridgehead atoms. The largest absolute Gasteiger partial charge is 0.447 e. The third-order valence-corrected chi connectivity index (χ3v) is 4.25. The summed E-state index contributed by atoms with van der Waals surface area (Å²) in [5, 5.41) is 4.31. The minimum absolute atomic E-state index is 0.142. The summed E-state index contributed by atoms with van der Waals surface area (Å²) in [6, 6.07) is 16.7. The second-order valence-electron chi connectivity index (χ2n) is 6.07. The molecule has 4 rings (SSSR count). The summed E-state index contributed by atoms with van der Waals surface area (Å²) in [4.78, 5) is 25.7. The lowest BCUT2D eigenvalue weighted by Gasteiger charge is -2.13. The average Bonchev–Trinajstić information content (AvgIpc) is 3.36. The highest BCUT2D eigenvalue weighted by atomic mass is 16.6. The van der Waals surface area contributed by atoms with Crippen LogP contribution < -0.4 is 4.90 Å². The number of ketones is 1. The number of para-hydroxylation sites is 1. The number of nitrogens with zero attached hydrogens (tertiary/aromatic N) is 3. The summed E-state index contributed by atoms with van der Waals surface area (Å²) < 4.78 is 6.70. The van der Waals surface area contributed by atoms with E-state index in [0.29, 0.717) is 24.4 Å². The van der Waals surface area contributed by atoms with Crippen molar-refractivity contribution in [1.82, 2.24) is 9.78 Å². The molecule has 0 radical (unpaired) electrons. The van der Waals surface area contributed by atoms with Crippen LogP contribution in [0.15, 0.2) is 73.1 Å². The number of benzene rings is 2. The zero-order valence-electron chi connectivity index (χ0n) is 14.5. The Morgan fingerprint density at radius 3 is 2.67 bits per heavy atom. The van der Waals surface area contributed by atoms with Gasteiger partial charge < -0.3 is 4.74 Å². The van der Waals surface area contributed by atoms with E-state index < -0.39 is 0 Å². The number of hydrogen-bond acceptors (Lipinski definition) is 4. The molecule has 1 amide bonds. The van der Waals surface area contributed by atoms with Crippen molar-refractivity contribution in [2.24, 2.45) is 0 Å². The molecule has 6 heteroatoms. The Morgan fingerprint density at radius 2 is 1.89 bits per heavy atom. The number of rotatable bonds is 5. The maximum atomic E-state index is 12.5. The molecule has 0 unspecified atom stereocenters. The van der Waals surface area contributed by atoms with E-state index in [1.807, 2.05) is 36.5 Å². The smallest absolute Gasteiger partial charge is 0.414 e. The summed E-state index contributed by atoms with van der Waals surface area (Å²) in [7, 11) is 0. The molecule has 0 saturated carbocycles. The first kappa shape index (κ1) is 16.8. The van der Waals surface area contributed by atoms with E-state index in [1.54, 1.807) is 41.2 Å². The van der Waals surface area contributed by atoms with Crippen LogP contribution >= 0.6 is 0 Å². The van der Waals surface area contributed by atoms with Gasteiger partial charge in [0.2, 0.25) is 0 Å². The first-order chi connectivity index (χ1) is 13.2. The van der Waals surface area contributed by atoms with Crippen molar-refractivity contribution in [3.05, 3.63) is 84.2 Å². The van der Waals surface area contributed by atoms with E-state index >= 15 is 0 Å². The molecule has 0 atom stereocenters. The van der Waals surface area contributed by atoms with Gasteiger partial charge in [0.25, 0.3) is 0 Å². The number of ether oxygens (including phenoxy) is 1. The molecule has 1 fully saturated rings. The maximum Gasteiger partial charge on any atom is 0.414 e. The van der Waals surface area contributed by atoms with Gasteiger partial charge in [-0.2, -0.15) is 5.10 Å². The Kier molecular flexibility index (Phi) is 4.53. The lowest BCUT2D eigenvalue weighted by atomic mass is 10.1. The van der Waals surface area contributed by atoms with Crippen molar-refractivity contribution in [2.75, 3.05) is 18.1 Å². The molecule has 134 valence electrons. The number of aromatic nitrogens is 2. The molecule has 0 aliphatic carbocycles. The molecule has 1 aliphatic heterocycles. The van der Waals surface area contributed by atoms with Crippen LogP contribution in [0.3, 0.4) is 0 Å². The fraction of sp³-hybridized carbons (Fsp3) is 0.0952. The molecule has 2 heterocycles. The molecule has 3 aromatic rings.